The zero-order valence-electron chi connectivity index (χ0n) is 11.4. The molecule has 1 heterocycles. The fourth-order valence-electron chi connectivity index (χ4n) is 2.16. The van der Waals surface area contributed by atoms with Crippen LogP contribution in [0.4, 0.5) is 0 Å². The van der Waals surface area contributed by atoms with Crippen LogP contribution < -0.4 is 0 Å². The number of aliphatic hydroxyl groups excluding tert-OH is 4. The summed E-state index contributed by atoms with van der Waals surface area (Å²) < 4.78 is 10.6. The average Bonchev–Trinajstić information content (AvgIpc) is 2.49. The van der Waals surface area contributed by atoms with Crippen molar-refractivity contribution in [2.45, 2.75) is 37.1 Å². The molecule has 7 heteroatoms. The van der Waals surface area contributed by atoms with Gasteiger partial charge in [0.2, 0.25) is 0 Å². The Morgan fingerprint density at radius 3 is 2.29 bits per heavy atom. The van der Waals surface area contributed by atoms with Gasteiger partial charge in [0, 0.05) is 0 Å². The Morgan fingerprint density at radius 2 is 1.67 bits per heavy atom. The molecule has 1 aromatic rings. The van der Waals surface area contributed by atoms with Crippen molar-refractivity contribution in [3.63, 3.8) is 0 Å². The molecule has 0 spiro atoms. The van der Waals surface area contributed by atoms with Gasteiger partial charge in [0.15, 0.2) is 6.29 Å². The number of rotatable bonds is 5. The standard InChI is InChI=1S/C14H20O7/c15-7-10-11(17)12(18)13(19)14(21-10)20-6-5-8-1-3-9(16)4-2-8/h1-4,10-19H,5-7H2/t10-,11+,12+,13-,14+/m1/s1. The molecule has 1 aliphatic rings. The van der Waals surface area contributed by atoms with Gasteiger partial charge in [0.25, 0.3) is 0 Å². The van der Waals surface area contributed by atoms with Gasteiger partial charge < -0.3 is 35.0 Å². The van der Waals surface area contributed by atoms with Gasteiger partial charge >= 0.3 is 0 Å². The monoisotopic (exact) mass is 300 g/mol. The molecule has 7 nitrogen and oxygen atoms in total. The lowest BCUT2D eigenvalue weighted by Crippen LogP contribution is -2.59. The maximum absolute atomic E-state index is 9.78. The van der Waals surface area contributed by atoms with Crippen molar-refractivity contribution in [1.29, 1.82) is 0 Å². The Labute approximate surface area is 122 Å². The second-order valence-corrected chi connectivity index (χ2v) is 4.98. The highest BCUT2D eigenvalue weighted by molar-refractivity contribution is 5.25. The molecule has 1 aromatic carbocycles. The van der Waals surface area contributed by atoms with Gasteiger partial charge in [-0.3, -0.25) is 0 Å². The van der Waals surface area contributed by atoms with Crippen LogP contribution in [0.5, 0.6) is 5.75 Å². The first-order valence-electron chi connectivity index (χ1n) is 6.73. The highest BCUT2D eigenvalue weighted by Gasteiger charge is 2.43. The normalized spacial score (nSPS) is 33.0. The van der Waals surface area contributed by atoms with Crippen LogP contribution in [0.3, 0.4) is 0 Å². The van der Waals surface area contributed by atoms with E-state index in [-0.39, 0.29) is 12.4 Å². The number of hydrogen-bond donors (Lipinski definition) is 5. The third-order valence-corrected chi connectivity index (χ3v) is 3.46. The summed E-state index contributed by atoms with van der Waals surface area (Å²) in [4.78, 5) is 0. The second-order valence-electron chi connectivity index (χ2n) is 4.98. The summed E-state index contributed by atoms with van der Waals surface area (Å²) in [6.45, 7) is -0.268. The summed E-state index contributed by atoms with van der Waals surface area (Å²) in [6, 6.07) is 6.60. The fourth-order valence-corrected chi connectivity index (χ4v) is 2.16. The van der Waals surface area contributed by atoms with Gasteiger partial charge in [0.1, 0.15) is 30.2 Å². The van der Waals surface area contributed by atoms with Crippen LogP contribution in [0.2, 0.25) is 0 Å². The van der Waals surface area contributed by atoms with Crippen LogP contribution in [-0.4, -0.2) is 69.5 Å². The molecule has 0 aromatic heterocycles. The molecule has 0 amide bonds. The minimum atomic E-state index is -1.44. The lowest BCUT2D eigenvalue weighted by Gasteiger charge is -2.39. The number of ether oxygens (including phenoxy) is 2. The summed E-state index contributed by atoms with van der Waals surface area (Å²) in [7, 11) is 0. The first-order valence-corrected chi connectivity index (χ1v) is 6.73. The molecule has 2 rings (SSSR count). The Bertz CT molecular complexity index is 433. The molecule has 1 aliphatic heterocycles. The Morgan fingerprint density at radius 1 is 1.00 bits per heavy atom. The highest BCUT2D eigenvalue weighted by Crippen LogP contribution is 2.22. The summed E-state index contributed by atoms with van der Waals surface area (Å²) in [6.07, 6.45) is -5.77. The molecular weight excluding hydrogens is 280 g/mol. The van der Waals surface area contributed by atoms with Crippen molar-refractivity contribution >= 4 is 0 Å². The number of phenols is 1. The van der Waals surface area contributed by atoms with Crippen molar-refractivity contribution in [2.24, 2.45) is 0 Å². The van der Waals surface area contributed by atoms with Gasteiger partial charge in [-0.05, 0) is 24.1 Å². The maximum Gasteiger partial charge on any atom is 0.186 e. The second kappa shape index (κ2) is 7.17. The highest BCUT2D eigenvalue weighted by atomic mass is 16.7. The van der Waals surface area contributed by atoms with E-state index in [1.807, 2.05) is 0 Å². The number of benzene rings is 1. The number of aliphatic hydroxyl groups is 4. The van der Waals surface area contributed by atoms with E-state index in [0.717, 1.165) is 5.56 Å². The Balaban J connectivity index is 1.85. The topological polar surface area (TPSA) is 120 Å². The number of hydrogen-bond acceptors (Lipinski definition) is 7. The smallest absolute Gasteiger partial charge is 0.186 e. The predicted octanol–water partition coefficient (Wildman–Crippen LogP) is -1.25. The van der Waals surface area contributed by atoms with Crippen LogP contribution in [0.1, 0.15) is 5.56 Å². The van der Waals surface area contributed by atoms with Crippen LogP contribution in [0, 0.1) is 0 Å². The summed E-state index contributed by atoms with van der Waals surface area (Å²) >= 11 is 0. The first-order chi connectivity index (χ1) is 10.0. The molecule has 21 heavy (non-hydrogen) atoms. The largest absolute Gasteiger partial charge is 0.508 e. The van der Waals surface area contributed by atoms with E-state index in [4.69, 9.17) is 14.6 Å². The van der Waals surface area contributed by atoms with Crippen LogP contribution in [0.25, 0.3) is 0 Å². The average molecular weight is 300 g/mol. The molecule has 0 aliphatic carbocycles. The van der Waals surface area contributed by atoms with E-state index in [1.165, 1.54) is 0 Å². The van der Waals surface area contributed by atoms with Gasteiger partial charge in [-0.15, -0.1) is 0 Å². The zero-order chi connectivity index (χ0) is 15.4. The summed E-state index contributed by atoms with van der Waals surface area (Å²) in [5.74, 6) is 0.175. The van der Waals surface area contributed by atoms with E-state index in [2.05, 4.69) is 0 Å². The van der Waals surface area contributed by atoms with E-state index >= 15 is 0 Å². The van der Waals surface area contributed by atoms with Crippen molar-refractivity contribution in [1.82, 2.24) is 0 Å². The molecular formula is C14H20O7. The van der Waals surface area contributed by atoms with Crippen LogP contribution in [-0.2, 0) is 15.9 Å². The van der Waals surface area contributed by atoms with Crippen molar-refractivity contribution < 1.29 is 35.0 Å². The summed E-state index contributed by atoms with van der Waals surface area (Å²) in [5, 5.41) is 47.3. The molecule has 5 atom stereocenters. The summed E-state index contributed by atoms with van der Waals surface area (Å²) in [5.41, 5.74) is 0.928. The molecule has 1 saturated heterocycles. The number of phenolic OH excluding ortho intramolecular Hbond substituents is 1. The third kappa shape index (κ3) is 3.91. The van der Waals surface area contributed by atoms with Crippen molar-refractivity contribution in [2.75, 3.05) is 13.2 Å². The molecule has 5 N–H and O–H groups in total. The third-order valence-electron chi connectivity index (χ3n) is 3.46. The molecule has 0 saturated carbocycles. The predicted molar refractivity (Wildman–Crippen MR) is 71.5 cm³/mol. The van der Waals surface area contributed by atoms with Crippen molar-refractivity contribution in [3.05, 3.63) is 29.8 Å². The minimum Gasteiger partial charge on any atom is -0.508 e. The fraction of sp³-hybridized carbons (Fsp3) is 0.571. The van der Waals surface area contributed by atoms with E-state index in [0.29, 0.717) is 6.42 Å². The quantitative estimate of drug-likeness (QED) is 0.461. The van der Waals surface area contributed by atoms with Crippen molar-refractivity contribution in [3.8, 4) is 5.75 Å². The Hall–Kier alpha value is -1.22. The Kier molecular flexibility index (Phi) is 5.51. The first kappa shape index (κ1) is 16.2. The number of aromatic hydroxyl groups is 1. The van der Waals surface area contributed by atoms with E-state index in [1.54, 1.807) is 24.3 Å². The SMILES string of the molecule is OC[C@H]1O[C@H](OCCc2ccc(O)cc2)[C@H](O)[C@@H](O)[C@H]1O. The molecule has 0 bridgehead atoms. The molecule has 1 fully saturated rings. The van der Waals surface area contributed by atoms with E-state index in [9.17, 15) is 20.4 Å². The van der Waals surface area contributed by atoms with Gasteiger partial charge in [-0.1, -0.05) is 12.1 Å². The lowest BCUT2D eigenvalue weighted by atomic mass is 9.99. The molecule has 0 unspecified atom stereocenters. The maximum atomic E-state index is 9.78. The lowest BCUT2D eigenvalue weighted by molar-refractivity contribution is -0.300. The molecule has 118 valence electrons. The van der Waals surface area contributed by atoms with Crippen LogP contribution in [0.15, 0.2) is 24.3 Å². The molecule has 0 radical (unpaired) electrons. The van der Waals surface area contributed by atoms with Gasteiger partial charge in [-0.2, -0.15) is 0 Å². The minimum absolute atomic E-state index is 0.175. The zero-order valence-corrected chi connectivity index (χ0v) is 11.4. The van der Waals surface area contributed by atoms with Gasteiger partial charge in [0.05, 0.1) is 13.2 Å². The van der Waals surface area contributed by atoms with E-state index < -0.39 is 37.3 Å². The van der Waals surface area contributed by atoms with Gasteiger partial charge in [-0.25, -0.2) is 0 Å². The van der Waals surface area contributed by atoms with Crippen LogP contribution >= 0.6 is 0 Å².